The van der Waals surface area contributed by atoms with E-state index in [1.807, 2.05) is 18.2 Å². The van der Waals surface area contributed by atoms with E-state index in [9.17, 15) is 12.8 Å². The molecule has 2 aromatic carbocycles. The molecule has 7 nitrogen and oxygen atoms in total. The van der Waals surface area contributed by atoms with Crippen LogP contribution in [0.5, 0.6) is 5.75 Å². The zero-order valence-electron chi connectivity index (χ0n) is 15.8. The number of hydrogen-bond acceptors (Lipinski definition) is 6. The number of ether oxygens (including phenoxy) is 1. The molecule has 0 spiro atoms. The molecule has 4 rings (SSSR count). The number of aromatic nitrogens is 2. The number of methoxy groups -OCH3 is 1. The summed E-state index contributed by atoms with van der Waals surface area (Å²) in [4.78, 5) is 4.41. The Hall–Kier alpha value is -2.78. The fourth-order valence-electron chi connectivity index (χ4n) is 3.42. The highest BCUT2D eigenvalue weighted by molar-refractivity contribution is 7.89. The van der Waals surface area contributed by atoms with Crippen LogP contribution in [0.4, 0.5) is 4.39 Å². The SMILES string of the molecule is COc1cccc(-c2noc([C@H]3CCCN(S(=O)(=O)c4cccc(F)c4)C3)n2)c1. The van der Waals surface area contributed by atoms with Gasteiger partial charge < -0.3 is 9.26 Å². The standard InChI is InChI=1S/C20H20FN3O4S/c1-27-17-8-2-5-14(11-17)19-22-20(28-23-19)15-6-4-10-24(13-15)29(25,26)18-9-3-7-16(21)12-18/h2-3,5,7-9,11-12,15H,4,6,10,13H2,1H3/t15-/m0/s1. The van der Waals surface area contributed by atoms with Crippen molar-refractivity contribution >= 4 is 10.0 Å². The fourth-order valence-corrected chi connectivity index (χ4v) is 4.98. The Labute approximate surface area is 168 Å². The second-order valence-electron chi connectivity index (χ2n) is 6.85. The molecule has 1 atom stereocenters. The first-order valence-corrected chi connectivity index (χ1v) is 10.6. The summed E-state index contributed by atoms with van der Waals surface area (Å²) >= 11 is 0. The van der Waals surface area contributed by atoms with Crippen LogP contribution in [-0.2, 0) is 10.0 Å². The number of rotatable bonds is 5. The first kappa shape index (κ1) is 19.5. The van der Waals surface area contributed by atoms with Crippen molar-refractivity contribution in [3.8, 4) is 17.1 Å². The maximum Gasteiger partial charge on any atom is 0.243 e. The van der Waals surface area contributed by atoms with Crippen molar-refractivity contribution < 1.29 is 22.1 Å². The number of nitrogens with zero attached hydrogens (tertiary/aromatic N) is 3. The number of benzene rings is 2. The number of sulfonamides is 1. The molecule has 1 saturated heterocycles. The van der Waals surface area contributed by atoms with Gasteiger partial charge in [-0.05, 0) is 43.2 Å². The minimum atomic E-state index is -3.79. The van der Waals surface area contributed by atoms with Gasteiger partial charge >= 0.3 is 0 Å². The van der Waals surface area contributed by atoms with Crippen molar-refractivity contribution in [2.45, 2.75) is 23.7 Å². The van der Waals surface area contributed by atoms with Gasteiger partial charge in [-0.25, -0.2) is 12.8 Å². The molecule has 0 saturated carbocycles. The molecule has 9 heteroatoms. The van der Waals surface area contributed by atoms with Crippen LogP contribution in [-0.4, -0.2) is 43.1 Å². The molecule has 0 aliphatic carbocycles. The summed E-state index contributed by atoms with van der Waals surface area (Å²) in [6.45, 7) is 0.574. The number of halogens is 1. The van der Waals surface area contributed by atoms with Gasteiger partial charge in [0.25, 0.3) is 0 Å². The molecule has 2 heterocycles. The largest absolute Gasteiger partial charge is 0.497 e. The Morgan fingerprint density at radius 2 is 2.03 bits per heavy atom. The summed E-state index contributed by atoms with van der Waals surface area (Å²) in [5.74, 6) is 0.684. The first-order chi connectivity index (χ1) is 14.0. The van der Waals surface area contributed by atoms with Crippen LogP contribution in [0.15, 0.2) is 57.9 Å². The summed E-state index contributed by atoms with van der Waals surface area (Å²) in [6.07, 6.45) is 1.38. The van der Waals surface area contributed by atoms with E-state index < -0.39 is 15.8 Å². The van der Waals surface area contributed by atoms with Crippen molar-refractivity contribution in [2.24, 2.45) is 0 Å². The summed E-state index contributed by atoms with van der Waals surface area (Å²) in [5, 5.41) is 4.03. The van der Waals surface area contributed by atoms with Gasteiger partial charge in [0, 0.05) is 18.7 Å². The molecular formula is C20H20FN3O4S. The highest BCUT2D eigenvalue weighted by Crippen LogP contribution is 2.31. The zero-order chi connectivity index (χ0) is 20.4. The fraction of sp³-hybridized carbons (Fsp3) is 0.300. The van der Waals surface area contributed by atoms with Crippen LogP contribution in [0.25, 0.3) is 11.4 Å². The summed E-state index contributed by atoms with van der Waals surface area (Å²) in [7, 11) is -2.21. The van der Waals surface area contributed by atoms with Crippen LogP contribution in [0.2, 0.25) is 0 Å². The lowest BCUT2D eigenvalue weighted by Crippen LogP contribution is -2.39. The molecule has 0 amide bonds. The normalized spacial score (nSPS) is 17.9. The van der Waals surface area contributed by atoms with E-state index in [-0.39, 0.29) is 17.4 Å². The Bertz CT molecular complexity index is 1120. The van der Waals surface area contributed by atoms with Crippen LogP contribution in [0.1, 0.15) is 24.7 Å². The monoisotopic (exact) mass is 417 g/mol. The zero-order valence-corrected chi connectivity index (χ0v) is 16.6. The lowest BCUT2D eigenvalue weighted by molar-refractivity contribution is 0.265. The van der Waals surface area contributed by atoms with Gasteiger partial charge in [0.2, 0.25) is 21.7 Å². The Balaban J connectivity index is 1.55. The summed E-state index contributed by atoms with van der Waals surface area (Å²) in [6, 6.07) is 12.3. The van der Waals surface area contributed by atoms with Gasteiger partial charge in [0.1, 0.15) is 11.6 Å². The predicted octanol–water partition coefficient (Wildman–Crippen LogP) is 3.45. The van der Waals surface area contributed by atoms with E-state index >= 15 is 0 Å². The quantitative estimate of drug-likeness (QED) is 0.632. The first-order valence-electron chi connectivity index (χ1n) is 9.21. The van der Waals surface area contributed by atoms with Gasteiger partial charge in [-0.15, -0.1) is 0 Å². The van der Waals surface area contributed by atoms with E-state index in [4.69, 9.17) is 9.26 Å². The average Bonchev–Trinajstić information content (AvgIpc) is 3.24. The molecule has 0 radical (unpaired) electrons. The van der Waals surface area contributed by atoms with E-state index in [2.05, 4.69) is 10.1 Å². The van der Waals surface area contributed by atoms with E-state index in [0.717, 1.165) is 18.1 Å². The van der Waals surface area contributed by atoms with Crippen LogP contribution in [0, 0.1) is 5.82 Å². The molecule has 0 unspecified atom stereocenters. The molecule has 1 fully saturated rings. The van der Waals surface area contributed by atoms with E-state index in [1.165, 1.54) is 22.5 Å². The average molecular weight is 417 g/mol. The van der Waals surface area contributed by atoms with Crippen molar-refractivity contribution in [2.75, 3.05) is 20.2 Å². The lowest BCUT2D eigenvalue weighted by Gasteiger charge is -2.30. The number of hydrogen-bond donors (Lipinski definition) is 0. The smallest absolute Gasteiger partial charge is 0.243 e. The molecular weight excluding hydrogens is 397 g/mol. The third-order valence-corrected chi connectivity index (χ3v) is 6.80. The molecule has 152 valence electrons. The molecule has 1 aliphatic rings. The molecule has 0 bridgehead atoms. The Kier molecular flexibility index (Phi) is 5.33. The molecule has 29 heavy (non-hydrogen) atoms. The third-order valence-electron chi connectivity index (χ3n) is 4.94. The van der Waals surface area contributed by atoms with Gasteiger partial charge in [-0.2, -0.15) is 9.29 Å². The molecule has 3 aromatic rings. The van der Waals surface area contributed by atoms with Crippen molar-refractivity contribution in [3.63, 3.8) is 0 Å². The summed E-state index contributed by atoms with van der Waals surface area (Å²) in [5.41, 5.74) is 0.749. The Morgan fingerprint density at radius 3 is 2.83 bits per heavy atom. The van der Waals surface area contributed by atoms with Gasteiger partial charge in [-0.1, -0.05) is 23.4 Å². The van der Waals surface area contributed by atoms with Crippen LogP contribution >= 0.6 is 0 Å². The van der Waals surface area contributed by atoms with Crippen molar-refractivity contribution in [3.05, 3.63) is 60.2 Å². The van der Waals surface area contributed by atoms with Gasteiger partial charge in [-0.3, -0.25) is 0 Å². The van der Waals surface area contributed by atoms with Crippen molar-refractivity contribution in [1.82, 2.24) is 14.4 Å². The molecule has 1 aromatic heterocycles. The Morgan fingerprint density at radius 1 is 1.21 bits per heavy atom. The van der Waals surface area contributed by atoms with Crippen LogP contribution < -0.4 is 4.74 Å². The topological polar surface area (TPSA) is 85.5 Å². The highest BCUT2D eigenvalue weighted by Gasteiger charge is 2.33. The summed E-state index contributed by atoms with van der Waals surface area (Å²) < 4.78 is 51.3. The number of piperidine rings is 1. The van der Waals surface area contributed by atoms with Crippen LogP contribution in [0.3, 0.4) is 0 Å². The molecule has 1 aliphatic heterocycles. The second kappa shape index (κ2) is 7.92. The van der Waals surface area contributed by atoms with E-state index in [0.29, 0.717) is 30.4 Å². The predicted molar refractivity (Wildman–Crippen MR) is 103 cm³/mol. The molecule has 0 N–H and O–H groups in total. The third kappa shape index (κ3) is 4.01. The highest BCUT2D eigenvalue weighted by atomic mass is 32.2. The lowest BCUT2D eigenvalue weighted by atomic mass is 10.00. The minimum Gasteiger partial charge on any atom is -0.497 e. The van der Waals surface area contributed by atoms with Gasteiger partial charge in [0.15, 0.2) is 0 Å². The maximum absolute atomic E-state index is 13.5. The maximum atomic E-state index is 13.5. The van der Waals surface area contributed by atoms with Crippen molar-refractivity contribution in [1.29, 1.82) is 0 Å². The van der Waals surface area contributed by atoms with Gasteiger partial charge in [0.05, 0.1) is 17.9 Å². The second-order valence-corrected chi connectivity index (χ2v) is 8.79. The van der Waals surface area contributed by atoms with E-state index in [1.54, 1.807) is 13.2 Å². The minimum absolute atomic E-state index is 0.0549.